The highest BCUT2D eigenvalue weighted by atomic mass is 32.2. The van der Waals surface area contributed by atoms with Gasteiger partial charge in [-0.25, -0.2) is 22.8 Å². The number of fused-ring (bicyclic) bond motifs is 2. The molecule has 5 N–H and O–H groups in total. The Bertz CT molecular complexity index is 3140. The number of rotatable bonds is 21. The summed E-state index contributed by atoms with van der Waals surface area (Å²) in [7, 11) is -3.94. The van der Waals surface area contributed by atoms with Crippen molar-refractivity contribution in [1.82, 2.24) is 25.5 Å². The van der Waals surface area contributed by atoms with E-state index in [-0.39, 0.29) is 50.9 Å². The van der Waals surface area contributed by atoms with E-state index < -0.39 is 27.6 Å². The molecule has 5 heterocycles. The fourth-order valence-electron chi connectivity index (χ4n) is 8.96. The smallest absolute Gasteiger partial charge is 0.395 e. The molecule has 0 unspecified atom stereocenters. The normalized spacial score (nSPS) is 15.9. The summed E-state index contributed by atoms with van der Waals surface area (Å²) in [5.74, 6) is -1.60. The van der Waals surface area contributed by atoms with Gasteiger partial charge in [-0.2, -0.15) is 0 Å². The molecule has 3 aromatic heterocycles. The minimum Gasteiger partial charge on any atom is -0.395 e. The molecule has 0 radical (unpaired) electrons. The lowest BCUT2D eigenvalue weighted by Crippen LogP contribution is -2.41. The van der Waals surface area contributed by atoms with Crippen LogP contribution >= 0.6 is 22.7 Å². The summed E-state index contributed by atoms with van der Waals surface area (Å²) in [5.41, 5.74) is 2.37. The average Bonchev–Trinajstić information content (AvgIpc) is 3.61. The maximum atomic E-state index is 14.8. The van der Waals surface area contributed by atoms with Gasteiger partial charge in [0, 0.05) is 49.2 Å². The number of alkyl halides is 2. The number of carbonyl (C=O) groups is 4. The Labute approximate surface area is 427 Å². The Morgan fingerprint density at radius 2 is 1.62 bits per heavy atom. The maximum absolute atomic E-state index is 14.8. The number of benzene rings is 3. The van der Waals surface area contributed by atoms with Crippen molar-refractivity contribution in [2.75, 3.05) is 48.1 Å². The number of carbonyl (C=O) groups excluding carboxylic acids is 4. The number of nitrogens with zero attached hydrogens (tertiary/aromatic N) is 3. The zero-order valence-electron chi connectivity index (χ0n) is 39.7. The minimum atomic E-state index is -3.94. The van der Waals surface area contributed by atoms with Gasteiger partial charge in [0.2, 0.25) is 17.7 Å². The van der Waals surface area contributed by atoms with Gasteiger partial charge in [0.1, 0.15) is 15.8 Å². The van der Waals surface area contributed by atoms with Gasteiger partial charge in [-0.1, -0.05) is 60.9 Å². The van der Waals surface area contributed by atoms with Gasteiger partial charge in [0.15, 0.2) is 16.6 Å². The van der Waals surface area contributed by atoms with Crippen LogP contribution in [0.3, 0.4) is 0 Å². The van der Waals surface area contributed by atoms with Crippen LogP contribution in [-0.2, 0) is 29.8 Å². The first-order chi connectivity index (χ1) is 35.0. The Morgan fingerprint density at radius 3 is 2.40 bits per heavy atom. The number of ether oxygens (including phenoxy) is 2. The number of piperidine rings is 1. The summed E-state index contributed by atoms with van der Waals surface area (Å²) in [5, 5.41) is 13.7. The highest BCUT2D eigenvalue weighted by molar-refractivity contribution is 7.94. The largest absolute Gasteiger partial charge is 0.586 e. The number of hydrogen-bond donors (Lipinski definition) is 5. The number of aromatic nitrogens is 2. The van der Waals surface area contributed by atoms with Crippen molar-refractivity contribution in [3.63, 3.8) is 0 Å². The lowest BCUT2D eigenvalue weighted by molar-refractivity contribution is -0.286. The van der Waals surface area contributed by atoms with Gasteiger partial charge in [-0.15, -0.1) is 20.1 Å². The van der Waals surface area contributed by atoms with Crippen LogP contribution in [0.5, 0.6) is 11.5 Å². The summed E-state index contributed by atoms with van der Waals surface area (Å²) in [6.45, 7) is 4.95. The highest BCUT2D eigenvalue weighted by Gasteiger charge is 2.53. The van der Waals surface area contributed by atoms with Crippen LogP contribution in [0.4, 0.5) is 29.8 Å². The SMILES string of the molecule is Cc1ccc(NC(=O)C2(c3ccc4c(c3)OC(F)(F)O4)CC2)nc1-c1cccc(C(=O)NCCCCCCCC(=O)NCCN2CCC(C(=O)Nc3nc4cc(F)c(NS(=O)(=O)c5cccs5)cc4s3)CC2)c1. The quantitative estimate of drug-likeness (QED) is 0.0429. The third-order valence-electron chi connectivity index (χ3n) is 13.2. The molecule has 4 amide bonds. The van der Waals surface area contributed by atoms with Gasteiger partial charge in [-0.3, -0.25) is 23.9 Å². The number of thiazole rings is 1. The molecule has 3 aliphatic rings. The van der Waals surface area contributed by atoms with Crippen LogP contribution in [0.2, 0.25) is 0 Å². The van der Waals surface area contributed by atoms with E-state index in [1.165, 1.54) is 24.3 Å². The molecule has 16 nitrogen and oxygen atoms in total. The molecule has 73 heavy (non-hydrogen) atoms. The first-order valence-electron chi connectivity index (χ1n) is 24.1. The third kappa shape index (κ3) is 12.4. The second-order valence-electron chi connectivity index (χ2n) is 18.4. The summed E-state index contributed by atoms with van der Waals surface area (Å²) in [4.78, 5) is 63.6. The van der Waals surface area contributed by atoms with E-state index in [0.717, 1.165) is 66.4 Å². The van der Waals surface area contributed by atoms with E-state index in [1.54, 1.807) is 41.8 Å². The lowest BCUT2D eigenvalue weighted by atomic mass is 9.94. The zero-order valence-corrected chi connectivity index (χ0v) is 42.2. The number of likely N-dealkylation sites (tertiary alicyclic amines) is 1. The number of pyridine rings is 1. The van der Waals surface area contributed by atoms with E-state index in [9.17, 15) is 40.8 Å². The molecule has 384 valence electrons. The van der Waals surface area contributed by atoms with Gasteiger partial charge in [0.05, 0.1) is 27.0 Å². The highest BCUT2D eigenvalue weighted by Crippen LogP contribution is 2.52. The molecule has 3 aromatic carbocycles. The predicted octanol–water partition coefficient (Wildman–Crippen LogP) is 9.20. The Hall–Kier alpha value is -6.62. The summed E-state index contributed by atoms with van der Waals surface area (Å²) < 4.78 is 79.3. The van der Waals surface area contributed by atoms with E-state index in [2.05, 4.69) is 45.3 Å². The maximum Gasteiger partial charge on any atom is 0.586 e. The molecule has 22 heteroatoms. The van der Waals surface area contributed by atoms with Crippen molar-refractivity contribution in [2.24, 2.45) is 5.92 Å². The minimum absolute atomic E-state index is 0.00350. The van der Waals surface area contributed by atoms with Crippen molar-refractivity contribution in [3.05, 3.63) is 107 Å². The van der Waals surface area contributed by atoms with Crippen molar-refractivity contribution < 1.29 is 50.2 Å². The molecule has 1 saturated heterocycles. The first kappa shape index (κ1) is 51.3. The molecular weight excluding hydrogens is 1010 g/mol. The summed E-state index contributed by atoms with van der Waals surface area (Å²) in [6.07, 6.45) is 3.25. The molecule has 0 spiro atoms. The van der Waals surface area contributed by atoms with E-state index in [4.69, 9.17) is 4.98 Å². The van der Waals surface area contributed by atoms with Crippen LogP contribution in [0.15, 0.2) is 88.5 Å². The average molecular weight is 1060 g/mol. The standard InChI is InChI=1S/C51H53F3N8O8S3/c1-31-13-16-42(59-48(66)50(19-20-50)35-14-15-39-40(28-35)70-51(53,54)69-39)58-45(31)33-9-7-10-34(27-33)46(64)56-21-6-4-2-3-5-11-43(63)55-22-25-62-23-17-32(18-24-62)47(65)60-49-57-38-29-36(52)37(30-41(38)72-49)61-73(67,68)44-12-8-26-71-44/h7-10,12-16,26-30,32,61H,2-6,11,17-25H2,1H3,(H,55,63)(H,56,64)(H,57,60,65)(H,58,59,66). The molecule has 2 aliphatic heterocycles. The fraction of sp³-hybridized carbons (Fsp3) is 0.373. The van der Waals surface area contributed by atoms with Crippen molar-refractivity contribution >= 4 is 83.2 Å². The number of aryl methyl sites for hydroxylation is 1. The second-order valence-corrected chi connectivity index (χ2v) is 22.3. The number of nitrogens with one attached hydrogen (secondary N) is 5. The van der Waals surface area contributed by atoms with E-state index in [0.29, 0.717) is 108 Å². The number of halogens is 3. The number of unbranched alkanes of at least 4 members (excludes halogenated alkanes) is 4. The topological polar surface area (TPSA) is 210 Å². The first-order valence-corrected chi connectivity index (χ1v) is 27.3. The number of thiophene rings is 1. The Morgan fingerprint density at radius 1 is 0.836 bits per heavy atom. The zero-order chi connectivity index (χ0) is 51.3. The number of anilines is 3. The molecule has 0 bridgehead atoms. The third-order valence-corrected chi connectivity index (χ3v) is 16.9. The Balaban J connectivity index is 0.629. The van der Waals surface area contributed by atoms with Crippen LogP contribution in [0.1, 0.15) is 85.7 Å². The molecule has 6 aromatic rings. The van der Waals surface area contributed by atoms with E-state index in [1.807, 2.05) is 19.1 Å². The molecule has 1 saturated carbocycles. The van der Waals surface area contributed by atoms with E-state index >= 15 is 0 Å². The van der Waals surface area contributed by atoms with Gasteiger partial charge < -0.3 is 35.6 Å². The van der Waals surface area contributed by atoms with Crippen LogP contribution in [0, 0.1) is 18.7 Å². The van der Waals surface area contributed by atoms with Crippen molar-refractivity contribution in [3.8, 4) is 22.8 Å². The van der Waals surface area contributed by atoms with Gasteiger partial charge in [-0.05, 0) is 118 Å². The van der Waals surface area contributed by atoms with Crippen LogP contribution in [0.25, 0.3) is 21.5 Å². The Kier molecular flexibility index (Phi) is 15.3. The van der Waals surface area contributed by atoms with Crippen molar-refractivity contribution in [1.29, 1.82) is 0 Å². The number of amides is 4. The number of hydrogen-bond acceptors (Lipinski definition) is 13. The molecule has 2 fully saturated rings. The number of sulfonamides is 1. The summed E-state index contributed by atoms with van der Waals surface area (Å²) in [6, 6.07) is 20.6. The van der Waals surface area contributed by atoms with Crippen molar-refractivity contribution in [2.45, 2.75) is 87.1 Å². The van der Waals surface area contributed by atoms with Gasteiger partial charge >= 0.3 is 6.29 Å². The molecular formula is C51H53F3N8O8S3. The van der Waals surface area contributed by atoms with Crippen LogP contribution < -0.4 is 35.5 Å². The summed E-state index contributed by atoms with van der Waals surface area (Å²) >= 11 is 2.16. The fourth-order valence-corrected chi connectivity index (χ4v) is 11.9. The predicted molar refractivity (Wildman–Crippen MR) is 272 cm³/mol. The van der Waals surface area contributed by atoms with Gasteiger partial charge in [0.25, 0.3) is 15.9 Å². The molecule has 1 aliphatic carbocycles. The second kappa shape index (κ2) is 21.8. The molecule has 9 rings (SSSR count). The lowest BCUT2D eigenvalue weighted by Gasteiger charge is -2.31. The molecule has 0 atom stereocenters. The van der Waals surface area contributed by atoms with Crippen LogP contribution in [-0.4, -0.2) is 85.9 Å². The monoisotopic (exact) mass is 1060 g/mol.